The third-order valence-electron chi connectivity index (χ3n) is 4.35. The second-order valence-corrected chi connectivity index (χ2v) is 8.00. The molecule has 0 heterocycles. The lowest BCUT2D eigenvalue weighted by Crippen LogP contribution is -2.18. The van der Waals surface area contributed by atoms with E-state index in [-0.39, 0.29) is 5.91 Å². The molecule has 0 saturated heterocycles. The Labute approximate surface area is 194 Å². The molecule has 0 unspecified atom stereocenters. The minimum Gasteiger partial charge on any atom is -0.493 e. The van der Waals surface area contributed by atoms with E-state index in [1.807, 2.05) is 55.5 Å². The van der Waals surface area contributed by atoms with Crippen LogP contribution in [-0.2, 0) is 6.61 Å². The Hall–Kier alpha value is -2.58. The fourth-order valence-corrected chi connectivity index (χ4v) is 3.74. The number of carbonyl (C=O) groups excluding carboxylic acids is 1. The van der Waals surface area contributed by atoms with Gasteiger partial charge in [-0.15, -0.1) is 0 Å². The van der Waals surface area contributed by atoms with Crippen molar-refractivity contribution in [1.29, 1.82) is 0 Å². The molecule has 0 radical (unpaired) electrons. The van der Waals surface area contributed by atoms with Crippen molar-refractivity contribution in [2.45, 2.75) is 13.5 Å². The van der Waals surface area contributed by atoms with Crippen molar-refractivity contribution >= 4 is 46.3 Å². The number of nitrogens with zero attached hydrogens (tertiary/aromatic N) is 1. The van der Waals surface area contributed by atoms with Crippen LogP contribution < -0.4 is 14.9 Å². The molecule has 154 valence electrons. The molecule has 0 atom stereocenters. The molecule has 3 rings (SSSR count). The van der Waals surface area contributed by atoms with Crippen LogP contribution in [0.2, 0.25) is 5.02 Å². The minimum absolute atomic E-state index is 0.259. The van der Waals surface area contributed by atoms with Crippen molar-refractivity contribution in [3.63, 3.8) is 0 Å². The number of amides is 1. The van der Waals surface area contributed by atoms with Crippen LogP contribution >= 0.6 is 34.2 Å². The molecule has 0 fully saturated rings. The quantitative estimate of drug-likeness (QED) is 0.244. The van der Waals surface area contributed by atoms with Crippen LogP contribution in [0.4, 0.5) is 0 Å². The minimum atomic E-state index is -0.259. The summed E-state index contributed by atoms with van der Waals surface area (Å²) in [5.74, 6) is 0.936. The summed E-state index contributed by atoms with van der Waals surface area (Å²) in [7, 11) is 1.58. The van der Waals surface area contributed by atoms with E-state index in [0.29, 0.717) is 28.7 Å². The van der Waals surface area contributed by atoms with Crippen LogP contribution in [0.15, 0.2) is 65.8 Å². The average Bonchev–Trinajstić information content (AvgIpc) is 2.74. The van der Waals surface area contributed by atoms with Crippen LogP contribution in [0.3, 0.4) is 0 Å². The van der Waals surface area contributed by atoms with E-state index in [1.165, 1.54) is 0 Å². The highest BCUT2D eigenvalue weighted by Crippen LogP contribution is 2.34. The molecule has 0 saturated carbocycles. The first-order valence-corrected chi connectivity index (χ1v) is 10.6. The molecule has 30 heavy (non-hydrogen) atoms. The van der Waals surface area contributed by atoms with Gasteiger partial charge >= 0.3 is 0 Å². The molecular formula is C23H20ClIN2O3. The summed E-state index contributed by atoms with van der Waals surface area (Å²) in [5, 5.41) is 4.72. The van der Waals surface area contributed by atoms with Crippen molar-refractivity contribution < 1.29 is 14.3 Å². The van der Waals surface area contributed by atoms with Crippen molar-refractivity contribution in [3.8, 4) is 11.5 Å². The molecule has 0 aliphatic carbocycles. The fraction of sp³-hybridized carbons (Fsp3) is 0.130. The second kappa shape index (κ2) is 10.4. The third-order valence-corrected chi connectivity index (χ3v) is 5.52. The monoisotopic (exact) mass is 534 g/mol. The highest BCUT2D eigenvalue weighted by atomic mass is 127. The van der Waals surface area contributed by atoms with Gasteiger partial charge in [-0.1, -0.05) is 48.0 Å². The topological polar surface area (TPSA) is 59.9 Å². The third kappa shape index (κ3) is 5.52. The molecular weight excluding hydrogens is 515 g/mol. The molecule has 3 aromatic rings. The normalized spacial score (nSPS) is 10.8. The number of rotatable bonds is 7. The lowest BCUT2D eigenvalue weighted by atomic mass is 10.1. The Morgan fingerprint density at radius 3 is 2.63 bits per heavy atom. The van der Waals surface area contributed by atoms with Crippen LogP contribution in [0.25, 0.3) is 0 Å². The number of carbonyl (C=O) groups is 1. The average molecular weight is 535 g/mol. The van der Waals surface area contributed by atoms with Gasteiger partial charge in [-0.25, -0.2) is 5.43 Å². The largest absolute Gasteiger partial charge is 0.493 e. The van der Waals surface area contributed by atoms with Gasteiger partial charge in [-0.05, 0) is 64.9 Å². The second-order valence-electron chi connectivity index (χ2n) is 6.43. The van der Waals surface area contributed by atoms with Gasteiger partial charge < -0.3 is 9.47 Å². The lowest BCUT2D eigenvalue weighted by molar-refractivity contribution is 0.0954. The van der Waals surface area contributed by atoms with Gasteiger partial charge in [0.25, 0.3) is 5.91 Å². The molecule has 7 heteroatoms. The molecule has 0 spiro atoms. The SMILES string of the molecule is COc1cc(/C=N\NC(=O)c2ccccc2C)cc(I)c1OCc1ccccc1Cl. The van der Waals surface area contributed by atoms with Gasteiger partial charge in [-0.2, -0.15) is 5.10 Å². The number of benzene rings is 3. The first-order chi connectivity index (χ1) is 14.5. The molecule has 0 aliphatic rings. The summed E-state index contributed by atoms with van der Waals surface area (Å²) < 4.78 is 12.3. The van der Waals surface area contributed by atoms with E-state index in [9.17, 15) is 4.79 Å². The zero-order valence-corrected chi connectivity index (χ0v) is 19.4. The molecule has 5 nitrogen and oxygen atoms in total. The van der Waals surface area contributed by atoms with E-state index in [0.717, 1.165) is 20.3 Å². The van der Waals surface area contributed by atoms with Crippen LogP contribution in [0.1, 0.15) is 27.0 Å². The van der Waals surface area contributed by atoms with E-state index in [1.54, 1.807) is 25.5 Å². The predicted molar refractivity (Wildman–Crippen MR) is 128 cm³/mol. The summed E-state index contributed by atoms with van der Waals surface area (Å²) in [5.41, 5.74) is 5.69. The summed E-state index contributed by atoms with van der Waals surface area (Å²) in [6.45, 7) is 2.21. The number of hydrogen-bond donors (Lipinski definition) is 1. The number of hydrazone groups is 1. The van der Waals surface area contributed by atoms with E-state index >= 15 is 0 Å². The fourth-order valence-electron chi connectivity index (χ4n) is 2.77. The molecule has 0 bridgehead atoms. The maximum atomic E-state index is 12.3. The van der Waals surface area contributed by atoms with E-state index in [4.69, 9.17) is 21.1 Å². The van der Waals surface area contributed by atoms with Crippen molar-refractivity contribution in [3.05, 3.63) is 91.5 Å². The van der Waals surface area contributed by atoms with Gasteiger partial charge in [0, 0.05) is 16.1 Å². The summed E-state index contributed by atoms with van der Waals surface area (Å²) in [6.07, 6.45) is 1.57. The number of aryl methyl sites for hydroxylation is 1. The number of hydrogen-bond acceptors (Lipinski definition) is 4. The maximum Gasteiger partial charge on any atom is 0.271 e. The van der Waals surface area contributed by atoms with E-state index < -0.39 is 0 Å². The standard InChI is InChI=1S/C23H20ClIN2O3/c1-15-7-3-5-9-18(15)23(28)27-26-13-16-11-20(25)22(21(12-16)29-2)30-14-17-8-4-6-10-19(17)24/h3-13H,14H2,1-2H3,(H,27,28)/b26-13-. The van der Waals surface area contributed by atoms with E-state index in [2.05, 4.69) is 33.1 Å². The van der Waals surface area contributed by atoms with Gasteiger partial charge in [-0.3, -0.25) is 4.79 Å². The van der Waals surface area contributed by atoms with Crippen LogP contribution in [0.5, 0.6) is 11.5 Å². The van der Waals surface area contributed by atoms with Crippen LogP contribution in [-0.4, -0.2) is 19.2 Å². The van der Waals surface area contributed by atoms with Crippen LogP contribution in [0, 0.1) is 10.5 Å². The summed E-state index contributed by atoms with van der Waals surface area (Å²) in [4.78, 5) is 12.3. The number of nitrogens with one attached hydrogen (secondary N) is 1. The number of halogens is 2. The molecule has 3 aromatic carbocycles. The highest BCUT2D eigenvalue weighted by Gasteiger charge is 2.12. The number of ether oxygens (including phenoxy) is 2. The Balaban J connectivity index is 1.72. The molecule has 0 aromatic heterocycles. The van der Waals surface area contributed by atoms with Gasteiger partial charge in [0.2, 0.25) is 0 Å². The van der Waals surface area contributed by atoms with Gasteiger partial charge in [0.05, 0.1) is 16.9 Å². The molecule has 1 N–H and O–H groups in total. The van der Waals surface area contributed by atoms with Crippen molar-refractivity contribution in [2.75, 3.05) is 7.11 Å². The Morgan fingerprint density at radius 1 is 1.17 bits per heavy atom. The molecule has 0 aliphatic heterocycles. The maximum absolute atomic E-state index is 12.3. The predicted octanol–water partition coefficient (Wildman–Crippen LogP) is 5.60. The Bertz CT molecular complexity index is 1090. The lowest BCUT2D eigenvalue weighted by Gasteiger charge is -2.14. The highest BCUT2D eigenvalue weighted by molar-refractivity contribution is 14.1. The Kier molecular flexibility index (Phi) is 7.70. The smallest absolute Gasteiger partial charge is 0.271 e. The van der Waals surface area contributed by atoms with Gasteiger partial charge in [0.15, 0.2) is 11.5 Å². The summed E-state index contributed by atoms with van der Waals surface area (Å²) >= 11 is 8.38. The number of methoxy groups -OCH3 is 1. The van der Waals surface area contributed by atoms with Gasteiger partial charge in [0.1, 0.15) is 6.61 Å². The first-order valence-electron chi connectivity index (χ1n) is 9.12. The Morgan fingerprint density at radius 2 is 1.90 bits per heavy atom. The zero-order chi connectivity index (χ0) is 21.5. The van der Waals surface area contributed by atoms with Crippen molar-refractivity contribution in [1.82, 2.24) is 5.43 Å². The summed E-state index contributed by atoms with van der Waals surface area (Å²) in [6, 6.07) is 18.6. The first kappa shape index (κ1) is 22.1. The molecule has 1 amide bonds. The van der Waals surface area contributed by atoms with Crippen molar-refractivity contribution in [2.24, 2.45) is 5.10 Å². The zero-order valence-electron chi connectivity index (χ0n) is 16.5.